The number of rotatable bonds is 2. The maximum Gasteiger partial charge on any atom is 0.246 e. The highest BCUT2D eigenvalue weighted by Gasteiger charge is 2.31. The van der Waals surface area contributed by atoms with Crippen molar-refractivity contribution in [2.75, 3.05) is 38.6 Å². The Hall–Kier alpha value is -1.58. The van der Waals surface area contributed by atoms with Crippen molar-refractivity contribution < 1.29 is 4.79 Å². The Kier molecular flexibility index (Phi) is 4.63. The molecular weight excluding hydrogens is 320 g/mol. The number of carbonyl (C=O) groups is 1. The molecule has 1 aromatic rings. The molecule has 5 nitrogen and oxygen atoms in total. The number of piperazine rings is 1. The van der Waals surface area contributed by atoms with E-state index in [2.05, 4.69) is 27.3 Å². The van der Waals surface area contributed by atoms with Gasteiger partial charge in [-0.2, -0.15) is 5.26 Å². The molecule has 0 saturated carbocycles. The number of anilines is 1. The zero-order valence-electron chi connectivity index (χ0n) is 11.6. The highest BCUT2D eigenvalue weighted by Crippen LogP contribution is 2.26. The summed E-state index contributed by atoms with van der Waals surface area (Å²) in [6.45, 7) is 2.11. The molecule has 0 aliphatic carbocycles. The van der Waals surface area contributed by atoms with E-state index in [0.29, 0.717) is 18.7 Å². The van der Waals surface area contributed by atoms with Gasteiger partial charge in [0.15, 0.2) is 0 Å². The van der Waals surface area contributed by atoms with Gasteiger partial charge in [0.25, 0.3) is 0 Å². The number of likely N-dealkylation sites (N-methyl/N-ethyl adjacent to an activating group) is 1. The van der Waals surface area contributed by atoms with Crippen molar-refractivity contribution in [1.82, 2.24) is 10.2 Å². The second-order valence-electron chi connectivity index (χ2n) is 4.92. The molecule has 0 aromatic heterocycles. The molecule has 0 spiro atoms. The molecule has 20 heavy (non-hydrogen) atoms. The van der Waals surface area contributed by atoms with Gasteiger partial charge in [-0.3, -0.25) is 4.79 Å². The number of carbonyl (C=O) groups excluding carboxylic acids is 1. The molecule has 1 atom stereocenters. The molecule has 1 unspecified atom stereocenters. The summed E-state index contributed by atoms with van der Waals surface area (Å²) in [5.41, 5.74) is 1.40. The van der Waals surface area contributed by atoms with Crippen molar-refractivity contribution in [2.24, 2.45) is 0 Å². The average molecular weight is 337 g/mol. The first-order chi connectivity index (χ1) is 9.54. The van der Waals surface area contributed by atoms with E-state index in [4.69, 9.17) is 0 Å². The van der Waals surface area contributed by atoms with E-state index in [9.17, 15) is 10.1 Å². The van der Waals surface area contributed by atoms with Crippen LogP contribution in [0.2, 0.25) is 0 Å². The molecule has 0 radical (unpaired) electrons. The minimum absolute atomic E-state index is 0.0454. The van der Waals surface area contributed by atoms with E-state index in [1.165, 1.54) is 0 Å². The number of hydrogen-bond donors (Lipinski definition) is 1. The molecule has 1 heterocycles. The Morgan fingerprint density at radius 3 is 2.95 bits per heavy atom. The fourth-order valence-electron chi connectivity index (χ4n) is 2.36. The Balaban J connectivity index is 2.38. The van der Waals surface area contributed by atoms with Gasteiger partial charge in [-0.05, 0) is 18.2 Å². The maximum absolute atomic E-state index is 12.3. The van der Waals surface area contributed by atoms with Crippen molar-refractivity contribution in [3.8, 4) is 6.07 Å². The molecular formula is C14H17BrN4O. The van der Waals surface area contributed by atoms with Crippen LogP contribution in [-0.4, -0.2) is 50.6 Å². The lowest BCUT2D eigenvalue weighted by Gasteiger charge is -2.38. The van der Waals surface area contributed by atoms with Crippen LogP contribution in [-0.2, 0) is 4.79 Å². The molecule has 1 aromatic carbocycles. The number of hydrogen-bond acceptors (Lipinski definition) is 4. The summed E-state index contributed by atoms with van der Waals surface area (Å²) in [4.78, 5) is 15.9. The average Bonchev–Trinajstić information content (AvgIpc) is 2.46. The molecule has 6 heteroatoms. The van der Waals surface area contributed by atoms with Crippen LogP contribution in [0.4, 0.5) is 5.69 Å². The van der Waals surface area contributed by atoms with Gasteiger partial charge in [0, 0.05) is 38.2 Å². The third-order valence-corrected chi connectivity index (χ3v) is 3.85. The molecule has 1 aliphatic rings. The monoisotopic (exact) mass is 336 g/mol. The fraction of sp³-hybridized carbons (Fsp3) is 0.429. The topological polar surface area (TPSA) is 59.4 Å². The second kappa shape index (κ2) is 6.25. The number of nitriles is 1. The van der Waals surface area contributed by atoms with E-state index < -0.39 is 0 Å². The summed E-state index contributed by atoms with van der Waals surface area (Å²) in [5.74, 6) is 0.0454. The maximum atomic E-state index is 12.3. The lowest BCUT2D eigenvalue weighted by atomic mass is 10.1. The normalized spacial score (nSPS) is 18.5. The predicted molar refractivity (Wildman–Crippen MR) is 81.6 cm³/mol. The Morgan fingerprint density at radius 2 is 2.30 bits per heavy atom. The van der Waals surface area contributed by atoms with Crippen LogP contribution in [0.3, 0.4) is 0 Å². The molecule has 106 valence electrons. The van der Waals surface area contributed by atoms with Crippen molar-refractivity contribution >= 4 is 27.5 Å². The number of nitrogens with one attached hydrogen (secondary N) is 1. The minimum atomic E-state index is -0.271. The predicted octanol–water partition coefficient (Wildman–Crippen LogP) is 1.19. The van der Waals surface area contributed by atoms with Crippen LogP contribution in [0, 0.1) is 11.3 Å². The van der Waals surface area contributed by atoms with Gasteiger partial charge >= 0.3 is 0 Å². The van der Waals surface area contributed by atoms with Gasteiger partial charge in [0.05, 0.1) is 11.3 Å². The SMILES string of the molecule is CN(C)C(=O)C1CNCCN1c1ccc(Br)cc1C#N. The van der Waals surface area contributed by atoms with E-state index in [0.717, 1.165) is 16.7 Å². The Labute approximate surface area is 127 Å². The Bertz CT molecular complexity index is 553. The lowest BCUT2D eigenvalue weighted by Crippen LogP contribution is -2.58. The third-order valence-electron chi connectivity index (χ3n) is 3.36. The number of benzene rings is 1. The first-order valence-electron chi connectivity index (χ1n) is 6.42. The smallest absolute Gasteiger partial charge is 0.246 e. The van der Waals surface area contributed by atoms with Gasteiger partial charge in [0.2, 0.25) is 5.91 Å². The quantitative estimate of drug-likeness (QED) is 0.881. The number of amides is 1. The zero-order valence-corrected chi connectivity index (χ0v) is 13.1. The minimum Gasteiger partial charge on any atom is -0.356 e. The van der Waals surface area contributed by atoms with Gasteiger partial charge in [0.1, 0.15) is 12.1 Å². The first-order valence-corrected chi connectivity index (χ1v) is 7.22. The third kappa shape index (κ3) is 2.94. The summed E-state index contributed by atoms with van der Waals surface area (Å²) in [6, 6.07) is 7.51. The summed E-state index contributed by atoms with van der Waals surface area (Å²) < 4.78 is 0.864. The van der Waals surface area contributed by atoms with E-state index >= 15 is 0 Å². The summed E-state index contributed by atoms with van der Waals surface area (Å²) >= 11 is 3.37. The Morgan fingerprint density at radius 1 is 1.55 bits per heavy atom. The van der Waals surface area contributed by atoms with Crippen molar-refractivity contribution in [3.63, 3.8) is 0 Å². The van der Waals surface area contributed by atoms with Crippen LogP contribution in [0.25, 0.3) is 0 Å². The fourth-order valence-corrected chi connectivity index (χ4v) is 2.72. The molecule has 1 saturated heterocycles. The second-order valence-corrected chi connectivity index (χ2v) is 5.83. The van der Waals surface area contributed by atoms with Gasteiger partial charge in [-0.1, -0.05) is 15.9 Å². The highest BCUT2D eigenvalue weighted by atomic mass is 79.9. The zero-order chi connectivity index (χ0) is 14.7. The van der Waals surface area contributed by atoms with Crippen molar-refractivity contribution in [3.05, 3.63) is 28.2 Å². The van der Waals surface area contributed by atoms with Gasteiger partial charge < -0.3 is 15.1 Å². The summed E-state index contributed by atoms with van der Waals surface area (Å²) in [6.07, 6.45) is 0. The van der Waals surface area contributed by atoms with Gasteiger partial charge in [-0.25, -0.2) is 0 Å². The molecule has 1 amide bonds. The van der Waals surface area contributed by atoms with Gasteiger partial charge in [-0.15, -0.1) is 0 Å². The van der Waals surface area contributed by atoms with Crippen LogP contribution in [0.1, 0.15) is 5.56 Å². The summed E-state index contributed by atoms with van der Waals surface area (Å²) in [7, 11) is 3.50. The van der Waals surface area contributed by atoms with E-state index in [1.54, 1.807) is 25.1 Å². The molecule has 1 aliphatic heterocycles. The lowest BCUT2D eigenvalue weighted by molar-refractivity contribution is -0.130. The highest BCUT2D eigenvalue weighted by molar-refractivity contribution is 9.10. The first kappa shape index (κ1) is 14.8. The van der Waals surface area contributed by atoms with Crippen LogP contribution in [0.5, 0.6) is 0 Å². The largest absolute Gasteiger partial charge is 0.356 e. The van der Waals surface area contributed by atoms with Crippen molar-refractivity contribution in [1.29, 1.82) is 5.26 Å². The van der Waals surface area contributed by atoms with Crippen LogP contribution >= 0.6 is 15.9 Å². The standard InChI is InChI=1S/C14H17BrN4O/c1-18(2)14(20)13-9-17-5-6-19(13)12-4-3-11(15)7-10(12)8-16/h3-4,7,13,17H,5-6,9H2,1-2H3. The molecule has 2 rings (SSSR count). The summed E-state index contributed by atoms with van der Waals surface area (Å²) in [5, 5.41) is 12.5. The van der Waals surface area contributed by atoms with E-state index in [-0.39, 0.29) is 11.9 Å². The van der Waals surface area contributed by atoms with Crippen LogP contribution in [0.15, 0.2) is 22.7 Å². The molecule has 1 fully saturated rings. The molecule has 0 bridgehead atoms. The number of halogens is 1. The number of nitrogens with zero attached hydrogens (tertiary/aromatic N) is 3. The van der Waals surface area contributed by atoms with Crippen molar-refractivity contribution in [2.45, 2.75) is 6.04 Å². The van der Waals surface area contributed by atoms with E-state index in [1.807, 2.05) is 17.0 Å². The molecule has 1 N–H and O–H groups in total. The van der Waals surface area contributed by atoms with Crippen LogP contribution < -0.4 is 10.2 Å².